The summed E-state index contributed by atoms with van der Waals surface area (Å²) in [5.41, 5.74) is 2.12. The van der Waals surface area contributed by atoms with Gasteiger partial charge in [0.15, 0.2) is 0 Å². The van der Waals surface area contributed by atoms with Crippen molar-refractivity contribution in [3.05, 3.63) is 33.4 Å². The van der Waals surface area contributed by atoms with Crippen LogP contribution in [0.2, 0.25) is 0 Å². The van der Waals surface area contributed by atoms with Crippen molar-refractivity contribution in [2.45, 2.75) is 31.7 Å². The molecule has 0 aromatic heterocycles. The van der Waals surface area contributed by atoms with Crippen molar-refractivity contribution >= 4 is 5.69 Å². The quantitative estimate of drug-likeness (QED) is 0.486. The lowest BCUT2D eigenvalue weighted by Crippen LogP contribution is -2.44. The Kier molecular flexibility index (Phi) is 4.59. The third kappa shape index (κ3) is 2.94. The third-order valence-corrected chi connectivity index (χ3v) is 4.75. The summed E-state index contributed by atoms with van der Waals surface area (Å²) >= 11 is 0. The van der Waals surface area contributed by atoms with Crippen LogP contribution >= 0.6 is 0 Å². The molecule has 0 bridgehead atoms. The maximum absolute atomic E-state index is 11.3. The number of methoxy groups -OCH3 is 1. The first kappa shape index (κ1) is 15.2. The molecule has 1 unspecified atom stereocenters. The van der Waals surface area contributed by atoms with Crippen LogP contribution in [0, 0.1) is 10.1 Å². The Bertz CT molecular complexity index is 555. The van der Waals surface area contributed by atoms with Crippen LogP contribution in [0.5, 0.6) is 5.75 Å². The molecule has 1 aromatic rings. The number of morpholine rings is 1. The van der Waals surface area contributed by atoms with Gasteiger partial charge in [0.25, 0.3) is 5.69 Å². The number of hydrogen-bond donors (Lipinski definition) is 0. The normalized spacial score (nSPS) is 22.7. The number of hydrogen-bond acceptors (Lipinski definition) is 5. The van der Waals surface area contributed by atoms with Crippen LogP contribution in [0.1, 0.15) is 24.0 Å². The second-order valence-electron chi connectivity index (χ2n) is 5.90. The maximum atomic E-state index is 11.3. The van der Waals surface area contributed by atoms with Gasteiger partial charge in [-0.3, -0.25) is 15.0 Å². The Hall–Kier alpha value is -1.66. The van der Waals surface area contributed by atoms with Gasteiger partial charge in [-0.05, 0) is 31.7 Å². The van der Waals surface area contributed by atoms with Crippen LogP contribution in [-0.4, -0.2) is 49.3 Å². The van der Waals surface area contributed by atoms with E-state index in [1.807, 2.05) is 0 Å². The standard InChI is InChI=1S/C16H22N2O4/c1-21-16-6-5-15(18(19)20)13-4-2-3-12(11-14(13)16)17-7-9-22-10-8-17/h5-6,12H,2-4,7-11H2,1H3. The molecule has 1 saturated heterocycles. The second kappa shape index (κ2) is 6.62. The molecule has 1 atom stereocenters. The number of fused-ring (bicyclic) bond motifs is 1. The zero-order chi connectivity index (χ0) is 15.5. The lowest BCUT2D eigenvalue weighted by atomic mass is 9.98. The first-order valence-corrected chi connectivity index (χ1v) is 7.85. The van der Waals surface area contributed by atoms with Crippen LogP contribution in [0.3, 0.4) is 0 Å². The van der Waals surface area contributed by atoms with Crippen molar-refractivity contribution in [3.8, 4) is 5.75 Å². The molecular formula is C16H22N2O4. The second-order valence-corrected chi connectivity index (χ2v) is 5.90. The van der Waals surface area contributed by atoms with Gasteiger partial charge in [0.05, 0.1) is 25.2 Å². The highest BCUT2D eigenvalue weighted by molar-refractivity contribution is 5.53. The van der Waals surface area contributed by atoms with Gasteiger partial charge in [0, 0.05) is 36.3 Å². The lowest BCUT2D eigenvalue weighted by molar-refractivity contribution is -0.385. The SMILES string of the molecule is COc1ccc([N+](=O)[O-])c2c1CC(N1CCOCC1)CCC2. The molecule has 0 amide bonds. The van der Waals surface area contributed by atoms with Gasteiger partial charge in [-0.1, -0.05) is 0 Å². The molecule has 1 heterocycles. The molecule has 2 aliphatic rings. The van der Waals surface area contributed by atoms with Crippen molar-refractivity contribution in [3.63, 3.8) is 0 Å². The Morgan fingerprint density at radius 3 is 2.77 bits per heavy atom. The average molecular weight is 306 g/mol. The summed E-state index contributed by atoms with van der Waals surface area (Å²) in [6.07, 6.45) is 3.61. The van der Waals surface area contributed by atoms with Crippen LogP contribution in [-0.2, 0) is 17.6 Å². The minimum Gasteiger partial charge on any atom is -0.496 e. The molecule has 0 spiro atoms. The van der Waals surface area contributed by atoms with Crippen LogP contribution in [0.15, 0.2) is 12.1 Å². The zero-order valence-electron chi connectivity index (χ0n) is 12.9. The zero-order valence-corrected chi connectivity index (χ0v) is 12.9. The molecule has 1 aliphatic heterocycles. The van der Waals surface area contributed by atoms with Crippen molar-refractivity contribution in [2.75, 3.05) is 33.4 Å². The first-order chi connectivity index (χ1) is 10.7. The van der Waals surface area contributed by atoms with Crippen LogP contribution in [0.25, 0.3) is 0 Å². The first-order valence-electron chi connectivity index (χ1n) is 7.85. The summed E-state index contributed by atoms with van der Waals surface area (Å²) in [7, 11) is 1.63. The average Bonchev–Trinajstić information content (AvgIpc) is 2.77. The van der Waals surface area contributed by atoms with Crippen molar-refractivity contribution in [1.29, 1.82) is 0 Å². The number of benzene rings is 1. The Balaban J connectivity index is 1.93. The van der Waals surface area contributed by atoms with E-state index in [1.165, 1.54) is 0 Å². The molecule has 6 nitrogen and oxygen atoms in total. The molecule has 120 valence electrons. The van der Waals surface area contributed by atoms with E-state index < -0.39 is 0 Å². The molecule has 1 aliphatic carbocycles. The summed E-state index contributed by atoms with van der Waals surface area (Å²) in [5.74, 6) is 0.778. The van der Waals surface area contributed by atoms with Gasteiger partial charge in [0.1, 0.15) is 5.75 Å². The molecular weight excluding hydrogens is 284 g/mol. The van der Waals surface area contributed by atoms with E-state index in [1.54, 1.807) is 19.2 Å². The molecule has 22 heavy (non-hydrogen) atoms. The Morgan fingerprint density at radius 2 is 2.09 bits per heavy atom. The fraction of sp³-hybridized carbons (Fsp3) is 0.625. The number of nitrogens with zero attached hydrogens (tertiary/aromatic N) is 2. The van der Waals surface area contributed by atoms with Gasteiger partial charge in [-0.2, -0.15) is 0 Å². The van der Waals surface area contributed by atoms with Crippen molar-refractivity contribution < 1.29 is 14.4 Å². The van der Waals surface area contributed by atoms with E-state index in [-0.39, 0.29) is 10.6 Å². The summed E-state index contributed by atoms with van der Waals surface area (Å²) in [6.45, 7) is 3.43. The van der Waals surface area contributed by atoms with Crippen LogP contribution < -0.4 is 4.74 Å². The monoisotopic (exact) mass is 306 g/mol. The number of ether oxygens (including phenoxy) is 2. The summed E-state index contributed by atoms with van der Waals surface area (Å²) in [5, 5.41) is 11.3. The summed E-state index contributed by atoms with van der Waals surface area (Å²) < 4.78 is 10.9. The van der Waals surface area contributed by atoms with Crippen molar-refractivity contribution in [1.82, 2.24) is 4.90 Å². The fourth-order valence-electron chi connectivity index (χ4n) is 3.63. The van der Waals surface area contributed by atoms with E-state index >= 15 is 0 Å². The number of rotatable bonds is 3. The molecule has 0 radical (unpaired) electrons. The summed E-state index contributed by atoms with van der Waals surface area (Å²) in [4.78, 5) is 13.5. The highest BCUT2D eigenvalue weighted by atomic mass is 16.6. The van der Waals surface area contributed by atoms with Gasteiger partial charge >= 0.3 is 0 Å². The van der Waals surface area contributed by atoms with E-state index in [0.29, 0.717) is 6.04 Å². The van der Waals surface area contributed by atoms with Gasteiger partial charge in [-0.15, -0.1) is 0 Å². The van der Waals surface area contributed by atoms with Crippen LogP contribution in [0.4, 0.5) is 5.69 Å². The molecule has 1 aromatic carbocycles. The minimum atomic E-state index is -0.271. The van der Waals surface area contributed by atoms with Gasteiger partial charge < -0.3 is 9.47 Å². The fourth-order valence-corrected chi connectivity index (χ4v) is 3.63. The smallest absolute Gasteiger partial charge is 0.273 e. The predicted molar refractivity (Wildman–Crippen MR) is 82.5 cm³/mol. The van der Waals surface area contributed by atoms with E-state index in [4.69, 9.17) is 9.47 Å². The van der Waals surface area contributed by atoms with E-state index in [9.17, 15) is 10.1 Å². The molecule has 1 fully saturated rings. The van der Waals surface area contributed by atoms with Crippen molar-refractivity contribution in [2.24, 2.45) is 0 Å². The van der Waals surface area contributed by atoms with Gasteiger partial charge in [-0.25, -0.2) is 0 Å². The Morgan fingerprint density at radius 1 is 1.32 bits per heavy atom. The largest absolute Gasteiger partial charge is 0.496 e. The number of nitro benzene ring substituents is 1. The van der Waals surface area contributed by atoms with Gasteiger partial charge in [0.2, 0.25) is 0 Å². The third-order valence-electron chi connectivity index (χ3n) is 4.75. The summed E-state index contributed by atoms with van der Waals surface area (Å²) in [6, 6.07) is 3.73. The molecule has 0 N–H and O–H groups in total. The number of nitro groups is 1. The topological polar surface area (TPSA) is 64.8 Å². The maximum Gasteiger partial charge on any atom is 0.273 e. The highest BCUT2D eigenvalue weighted by Gasteiger charge is 2.29. The van der Waals surface area contributed by atoms with E-state index in [0.717, 1.165) is 68.9 Å². The molecule has 0 saturated carbocycles. The van der Waals surface area contributed by atoms with E-state index in [2.05, 4.69) is 4.90 Å². The molecule has 3 rings (SSSR count). The Labute approximate surface area is 130 Å². The highest BCUT2D eigenvalue weighted by Crippen LogP contribution is 2.36. The minimum absolute atomic E-state index is 0.235. The molecule has 6 heteroatoms. The lowest BCUT2D eigenvalue weighted by Gasteiger charge is -2.34. The predicted octanol–water partition coefficient (Wildman–Crippen LogP) is 2.18.